The molecule has 2 aliphatic heterocycles. The number of carbonyl (C=O) groups excluding carboxylic acids is 3. The van der Waals surface area contributed by atoms with Crippen LogP contribution in [0, 0.1) is 0 Å². The van der Waals surface area contributed by atoms with E-state index in [0.717, 1.165) is 4.90 Å². The van der Waals surface area contributed by atoms with E-state index in [2.05, 4.69) is 22.5 Å². The van der Waals surface area contributed by atoms with E-state index in [4.69, 9.17) is 13.8 Å². The Morgan fingerprint density at radius 3 is 2.50 bits per heavy atom. The number of aliphatic hydroxyl groups excluding tert-OH is 2. The average Bonchev–Trinajstić information content (AvgIpc) is 3.01. The second-order valence-electron chi connectivity index (χ2n) is 6.84. The number of hydrogen-bond donors (Lipinski definition) is 5. The number of carbonyl (C=O) groups is 3. The summed E-state index contributed by atoms with van der Waals surface area (Å²) < 4.78 is 27.9. The third kappa shape index (κ3) is 6.61. The Bertz CT molecular complexity index is 795. The van der Waals surface area contributed by atoms with Crippen LogP contribution in [-0.2, 0) is 27.9 Å². The zero-order chi connectivity index (χ0) is 23.9. The van der Waals surface area contributed by atoms with Gasteiger partial charge in [-0.3, -0.25) is 19.1 Å². The molecular weight excluding hydrogens is 447 g/mol. The zero-order valence-corrected chi connectivity index (χ0v) is 18.7. The normalized spacial score (nSPS) is 25.6. The van der Waals surface area contributed by atoms with Crippen LogP contribution < -0.4 is 16.0 Å². The molecule has 32 heavy (non-hydrogen) atoms. The Morgan fingerprint density at radius 2 is 1.91 bits per heavy atom. The van der Waals surface area contributed by atoms with E-state index >= 15 is 0 Å². The van der Waals surface area contributed by atoms with Gasteiger partial charge < -0.3 is 39.9 Å². The van der Waals surface area contributed by atoms with Gasteiger partial charge in [0.1, 0.15) is 12.2 Å². The van der Waals surface area contributed by atoms with Crippen LogP contribution in [0.25, 0.3) is 0 Å². The molecule has 5 N–H and O–H groups in total. The topological polar surface area (TPSA) is 176 Å². The van der Waals surface area contributed by atoms with Crippen molar-refractivity contribution in [1.82, 2.24) is 20.9 Å². The largest absolute Gasteiger partial charge is 0.387 e. The first kappa shape index (κ1) is 26.0. The molecule has 1 fully saturated rings. The molecule has 13 nitrogen and oxygen atoms in total. The van der Waals surface area contributed by atoms with Crippen LogP contribution in [0.15, 0.2) is 24.6 Å². The molecule has 180 valence electrons. The molecule has 0 aliphatic carbocycles. The molecule has 0 radical (unpaired) electrons. The summed E-state index contributed by atoms with van der Waals surface area (Å²) in [6, 6.07) is -0.648. The van der Waals surface area contributed by atoms with E-state index in [1.807, 2.05) is 0 Å². The first-order valence-electron chi connectivity index (χ1n) is 10.0. The molecule has 0 aromatic heterocycles. The number of rotatable bonds is 11. The van der Waals surface area contributed by atoms with Crippen LogP contribution in [0.2, 0.25) is 0 Å². The summed E-state index contributed by atoms with van der Waals surface area (Å²) in [5, 5.41) is 27.5. The fourth-order valence-electron chi connectivity index (χ4n) is 3.01. The average molecular weight is 476 g/mol. The maximum absolute atomic E-state index is 12.3. The smallest absolute Gasteiger partial charge is 0.332 e. The van der Waals surface area contributed by atoms with Crippen LogP contribution >= 0.6 is 7.60 Å². The van der Waals surface area contributed by atoms with Gasteiger partial charge >= 0.3 is 13.6 Å². The molecule has 0 aromatic carbocycles. The molecule has 14 heteroatoms. The van der Waals surface area contributed by atoms with Gasteiger partial charge in [-0.25, -0.2) is 4.79 Å². The summed E-state index contributed by atoms with van der Waals surface area (Å²) in [5.41, 5.74) is 0.332. The summed E-state index contributed by atoms with van der Waals surface area (Å²) in [7, 11) is -3.31. The highest BCUT2D eigenvalue weighted by atomic mass is 31.2. The van der Waals surface area contributed by atoms with E-state index < -0.39 is 56.5 Å². The van der Waals surface area contributed by atoms with Gasteiger partial charge in [0, 0.05) is 18.4 Å². The summed E-state index contributed by atoms with van der Waals surface area (Å²) in [6.07, 6.45) is -3.29. The summed E-state index contributed by atoms with van der Waals surface area (Å²) >= 11 is 0. The number of amides is 4. The SMILES string of the molecule is C=C1C=CN([C@@H]2O[C@H](C(=O)NCC(=O)NCCP(=O)(OCC)OCC)[C@@H](O)[C@H]2O)C(=O)N1. The third-order valence-electron chi connectivity index (χ3n) is 4.49. The van der Waals surface area contributed by atoms with Gasteiger partial charge in [0.2, 0.25) is 5.91 Å². The minimum atomic E-state index is -3.31. The van der Waals surface area contributed by atoms with E-state index in [1.165, 1.54) is 12.3 Å². The Hall–Kier alpha value is -2.28. The molecule has 2 aliphatic rings. The lowest BCUT2D eigenvalue weighted by molar-refractivity contribution is -0.139. The van der Waals surface area contributed by atoms with Gasteiger partial charge in [-0.2, -0.15) is 0 Å². The second kappa shape index (κ2) is 11.5. The minimum Gasteiger partial charge on any atom is -0.387 e. The number of allylic oxidation sites excluding steroid dienone is 1. The molecule has 4 atom stereocenters. The molecule has 0 aromatic rings. The van der Waals surface area contributed by atoms with Crippen LogP contribution in [0.5, 0.6) is 0 Å². The summed E-state index contributed by atoms with van der Waals surface area (Å²) in [5.74, 6) is -1.44. The van der Waals surface area contributed by atoms with Crippen molar-refractivity contribution in [3.05, 3.63) is 24.6 Å². The number of nitrogens with zero attached hydrogens (tertiary/aromatic N) is 1. The standard InChI is InChI=1S/C18H29N4O9P/c1-4-29-32(28,30-5-2)9-7-19-12(23)10-20-16(26)15-13(24)14(25)17(31-15)22-8-6-11(3)21-18(22)27/h6,8,13-15,17,24-25H,3-5,7,9-10H2,1-2H3,(H,19,23)(H,20,26)(H,21,27)/t13-,14+,15-,17+/m0/s1. The van der Waals surface area contributed by atoms with Gasteiger partial charge in [-0.05, 0) is 19.9 Å². The predicted molar refractivity (Wildman–Crippen MR) is 111 cm³/mol. The highest BCUT2D eigenvalue weighted by Gasteiger charge is 2.49. The highest BCUT2D eigenvalue weighted by molar-refractivity contribution is 7.53. The Balaban J connectivity index is 1.83. The molecule has 0 bridgehead atoms. The number of hydrogen-bond acceptors (Lipinski definition) is 9. The van der Waals surface area contributed by atoms with Crippen molar-refractivity contribution in [3.63, 3.8) is 0 Å². The molecule has 4 amide bonds. The van der Waals surface area contributed by atoms with Gasteiger partial charge in [-0.15, -0.1) is 0 Å². The molecular formula is C18H29N4O9P. The maximum atomic E-state index is 12.3. The zero-order valence-electron chi connectivity index (χ0n) is 17.9. The lowest BCUT2D eigenvalue weighted by Gasteiger charge is -2.29. The van der Waals surface area contributed by atoms with Gasteiger partial charge in [0.25, 0.3) is 5.91 Å². The first-order valence-corrected chi connectivity index (χ1v) is 11.7. The van der Waals surface area contributed by atoms with Crippen molar-refractivity contribution in [3.8, 4) is 0 Å². The van der Waals surface area contributed by atoms with E-state index in [-0.39, 0.29) is 25.9 Å². The summed E-state index contributed by atoms with van der Waals surface area (Å²) in [6.45, 7) is 6.85. The Kier molecular flexibility index (Phi) is 9.37. The van der Waals surface area contributed by atoms with Gasteiger partial charge in [0.15, 0.2) is 12.3 Å². The van der Waals surface area contributed by atoms with Gasteiger partial charge in [-0.1, -0.05) is 6.58 Å². The predicted octanol–water partition coefficient (Wildman–Crippen LogP) is -1.02. The van der Waals surface area contributed by atoms with Gasteiger partial charge in [0.05, 0.1) is 25.9 Å². The third-order valence-corrected chi connectivity index (χ3v) is 6.57. The number of aliphatic hydroxyl groups is 2. The van der Waals surface area contributed by atoms with Crippen LogP contribution in [0.1, 0.15) is 13.8 Å². The minimum absolute atomic E-state index is 0.00296. The fraction of sp³-hybridized carbons (Fsp3) is 0.611. The lowest BCUT2D eigenvalue weighted by Crippen LogP contribution is -2.49. The van der Waals surface area contributed by atoms with E-state index in [0.29, 0.717) is 5.70 Å². The molecule has 0 unspecified atom stereocenters. The monoisotopic (exact) mass is 476 g/mol. The van der Waals surface area contributed by atoms with Crippen molar-refractivity contribution in [2.45, 2.75) is 38.4 Å². The Morgan fingerprint density at radius 1 is 1.25 bits per heavy atom. The van der Waals surface area contributed by atoms with E-state index in [1.54, 1.807) is 13.8 Å². The summed E-state index contributed by atoms with van der Waals surface area (Å²) in [4.78, 5) is 37.3. The molecule has 2 rings (SSSR count). The molecule has 0 saturated carbocycles. The number of urea groups is 1. The number of ether oxygens (including phenoxy) is 1. The number of nitrogens with one attached hydrogen (secondary N) is 3. The lowest BCUT2D eigenvalue weighted by atomic mass is 10.1. The van der Waals surface area contributed by atoms with E-state index in [9.17, 15) is 29.2 Å². The quantitative estimate of drug-likeness (QED) is 0.234. The Labute approximate surface area is 185 Å². The fourth-order valence-corrected chi connectivity index (χ4v) is 4.52. The molecule has 0 spiro atoms. The van der Waals surface area contributed by atoms with Crippen molar-refractivity contribution in [2.24, 2.45) is 0 Å². The van der Waals surface area contributed by atoms with Crippen molar-refractivity contribution >= 4 is 25.4 Å². The van der Waals surface area contributed by atoms with Crippen molar-refractivity contribution < 1.29 is 42.9 Å². The second-order valence-corrected chi connectivity index (χ2v) is 9.03. The van der Waals surface area contributed by atoms with Crippen LogP contribution in [0.4, 0.5) is 4.79 Å². The van der Waals surface area contributed by atoms with Crippen LogP contribution in [-0.4, -0.2) is 90.0 Å². The van der Waals surface area contributed by atoms with Crippen molar-refractivity contribution in [2.75, 3.05) is 32.5 Å². The highest BCUT2D eigenvalue weighted by Crippen LogP contribution is 2.47. The first-order chi connectivity index (χ1) is 15.1. The molecule has 2 heterocycles. The molecule has 1 saturated heterocycles. The van der Waals surface area contributed by atoms with Crippen molar-refractivity contribution in [1.29, 1.82) is 0 Å². The van der Waals surface area contributed by atoms with Crippen LogP contribution in [0.3, 0.4) is 0 Å². The maximum Gasteiger partial charge on any atom is 0.332 e.